The van der Waals surface area contributed by atoms with E-state index in [-0.39, 0.29) is 11.8 Å². The van der Waals surface area contributed by atoms with Crippen molar-refractivity contribution >= 4 is 23.1 Å². The maximum atomic E-state index is 14.0. The van der Waals surface area contributed by atoms with Crippen LogP contribution in [0.25, 0.3) is 10.9 Å². The van der Waals surface area contributed by atoms with Crippen LogP contribution >= 0.6 is 0 Å². The molecule has 0 fully saturated rings. The van der Waals surface area contributed by atoms with E-state index >= 15 is 0 Å². The quantitative estimate of drug-likeness (QED) is 0.580. The Morgan fingerprint density at radius 2 is 1.92 bits per heavy atom. The summed E-state index contributed by atoms with van der Waals surface area (Å²) in [4.78, 5) is 1.14. The van der Waals surface area contributed by atoms with Crippen LogP contribution in [-0.4, -0.2) is 31.1 Å². The highest BCUT2D eigenvalue weighted by atomic mass is 19.1. The predicted molar refractivity (Wildman–Crippen MR) is 92.7 cm³/mol. The molecule has 0 spiro atoms. The summed E-state index contributed by atoms with van der Waals surface area (Å²) in [6.07, 6.45) is 3.55. The zero-order valence-corrected chi connectivity index (χ0v) is 13.1. The van der Waals surface area contributed by atoms with E-state index in [2.05, 4.69) is 20.6 Å². The lowest BCUT2D eigenvalue weighted by Gasteiger charge is -2.06. The van der Waals surface area contributed by atoms with Crippen molar-refractivity contribution in [3.63, 3.8) is 0 Å². The Bertz CT molecular complexity index is 1060. The third-order valence-electron chi connectivity index (χ3n) is 3.90. The average Bonchev–Trinajstić information content (AvgIpc) is 3.19. The second-order valence-electron chi connectivity index (χ2n) is 5.49. The topological polar surface area (TPSA) is 86.9 Å². The lowest BCUT2D eigenvalue weighted by Crippen LogP contribution is -2.00. The van der Waals surface area contributed by atoms with E-state index in [1.165, 1.54) is 6.07 Å². The van der Waals surface area contributed by atoms with Crippen LogP contribution in [0.2, 0.25) is 0 Å². The van der Waals surface area contributed by atoms with Gasteiger partial charge in [-0.1, -0.05) is 46.3 Å². The number of aromatic nitrogens is 5. The van der Waals surface area contributed by atoms with Crippen molar-refractivity contribution in [2.75, 3.05) is 5.73 Å². The van der Waals surface area contributed by atoms with Crippen molar-refractivity contribution in [3.8, 4) is 0 Å². The van der Waals surface area contributed by atoms with Crippen molar-refractivity contribution < 1.29 is 4.39 Å². The highest BCUT2D eigenvalue weighted by molar-refractivity contribution is 5.99. The molecule has 0 bridgehead atoms. The van der Waals surface area contributed by atoms with E-state index in [1.807, 2.05) is 41.1 Å². The number of tetrazole rings is 1. The Balaban J connectivity index is 1.75. The number of benzene rings is 2. The maximum absolute atomic E-state index is 14.0. The fraction of sp³-hybridized carbons (Fsp3) is 0.0588. The normalized spacial score (nSPS) is 11.6. The molecule has 2 aromatic heterocycles. The van der Waals surface area contributed by atoms with Crippen LogP contribution < -0.4 is 5.73 Å². The molecular weight excluding hydrogens is 321 g/mol. The van der Waals surface area contributed by atoms with Gasteiger partial charge >= 0.3 is 0 Å². The van der Waals surface area contributed by atoms with Gasteiger partial charge in [0.25, 0.3) is 5.95 Å². The van der Waals surface area contributed by atoms with Crippen LogP contribution in [0.15, 0.2) is 59.8 Å². The molecule has 0 atom stereocenters. The second-order valence-corrected chi connectivity index (χ2v) is 5.49. The van der Waals surface area contributed by atoms with E-state index in [0.717, 1.165) is 21.3 Å². The summed E-state index contributed by atoms with van der Waals surface area (Å²) in [5.74, 6) is -0.122. The lowest BCUT2D eigenvalue weighted by molar-refractivity contribution is 0.602. The van der Waals surface area contributed by atoms with Gasteiger partial charge in [-0.15, -0.1) is 0 Å². The lowest BCUT2D eigenvalue weighted by atomic mass is 10.2. The molecule has 0 aliphatic rings. The third kappa shape index (κ3) is 2.85. The Labute approximate surface area is 142 Å². The standard InChI is InChI=1S/C17H14FN7/c18-15-7-3-1-5-12(15)10-24-11-13(14-6-2-4-8-16(14)24)9-20-25-17(19)21-22-23-25/h1-9,11H,10H2,(H2,19,21,23)/b20-9+. The molecule has 2 N–H and O–H groups in total. The van der Waals surface area contributed by atoms with Crippen LogP contribution in [0.4, 0.5) is 10.3 Å². The van der Waals surface area contributed by atoms with Crippen LogP contribution in [0.1, 0.15) is 11.1 Å². The van der Waals surface area contributed by atoms with E-state index in [4.69, 9.17) is 5.73 Å². The van der Waals surface area contributed by atoms with Crippen molar-refractivity contribution in [3.05, 3.63) is 71.7 Å². The molecule has 25 heavy (non-hydrogen) atoms. The molecular formula is C17H14FN7. The first-order chi connectivity index (χ1) is 12.2. The molecule has 0 aliphatic heterocycles. The molecule has 0 amide bonds. The maximum Gasteiger partial charge on any atom is 0.263 e. The summed E-state index contributed by atoms with van der Waals surface area (Å²) < 4.78 is 16.0. The van der Waals surface area contributed by atoms with Crippen molar-refractivity contribution in [2.24, 2.45) is 5.10 Å². The van der Waals surface area contributed by atoms with Crippen molar-refractivity contribution in [2.45, 2.75) is 6.54 Å². The van der Waals surface area contributed by atoms with E-state index in [0.29, 0.717) is 12.1 Å². The molecule has 0 saturated heterocycles. The molecule has 8 heteroatoms. The van der Waals surface area contributed by atoms with Crippen LogP contribution in [-0.2, 0) is 6.54 Å². The molecule has 7 nitrogen and oxygen atoms in total. The zero-order chi connectivity index (χ0) is 17.2. The molecule has 4 aromatic rings. The van der Waals surface area contributed by atoms with Crippen molar-refractivity contribution in [1.29, 1.82) is 0 Å². The Morgan fingerprint density at radius 3 is 2.72 bits per heavy atom. The van der Waals surface area contributed by atoms with E-state index < -0.39 is 0 Å². The first-order valence-corrected chi connectivity index (χ1v) is 7.62. The Morgan fingerprint density at radius 1 is 1.12 bits per heavy atom. The number of para-hydroxylation sites is 1. The minimum Gasteiger partial charge on any atom is -0.365 e. The van der Waals surface area contributed by atoms with Gasteiger partial charge in [0.2, 0.25) is 0 Å². The Hall–Kier alpha value is -3.55. The average molecular weight is 335 g/mol. The minimum absolute atomic E-state index is 0.103. The second kappa shape index (κ2) is 6.16. The van der Waals surface area contributed by atoms with E-state index in [1.54, 1.807) is 18.3 Å². The van der Waals surface area contributed by atoms with Crippen molar-refractivity contribution in [1.82, 2.24) is 24.9 Å². The number of hydrogen-bond acceptors (Lipinski definition) is 5. The summed E-state index contributed by atoms with van der Waals surface area (Å²) in [7, 11) is 0. The SMILES string of the molecule is Nc1nnnn1/N=C/c1cn(Cc2ccccc2F)c2ccccc12. The van der Waals surface area contributed by atoms with Gasteiger partial charge in [-0.05, 0) is 22.6 Å². The van der Waals surface area contributed by atoms with Gasteiger partial charge < -0.3 is 10.3 Å². The van der Waals surface area contributed by atoms with Gasteiger partial charge in [-0.2, -0.15) is 5.10 Å². The van der Waals surface area contributed by atoms with Gasteiger partial charge in [0, 0.05) is 28.2 Å². The summed E-state index contributed by atoms with van der Waals surface area (Å²) in [6.45, 7) is 0.425. The number of anilines is 1. The number of hydrogen-bond donors (Lipinski definition) is 1. The summed E-state index contributed by atoms with van der Waals surface area (Å²) >= 11 is 0. The largest absolute Gasteiger partial charge is 0.365 e. The molecule has 2 aromatic carbocycles. The fourth-order valence-corrected chi connectivity index (χ4v) is 2.71. The molecule has 2 heterocycles. The smallest absolute Gasteiger partial charge is 0.263 e. The number of nitrogens with two attached hydrogens (primary N) is 1. The number of halogens is 1. The monoisotopic (exact) mass is 335 g/mol. The predicted octanol–water partition coefficient (Wildman–Crippen LogP) is 2.28. The molecule has 0 radical (unpaired) electrons. The summed E-state index contributed by atoms with van der Waals surface area (Å²) in [5.41, 5.74) is 8.08. The fourth-order valence-electron chi connectivity index (χ4n) is 2.71. The van der Waals surface area contributed by atoms with Gasteiger partial charge in [0.05, 0.1) is 12.8 Å². The minimum atomic E-state index is -0.225. The van der Waals surface area contributed by atoms with Gasteiger partial charge in [0.15, 0.2) is 0 Å². The number of nitrogen functional groups attached to an aromatic ring is 1. The molecule has 124 valence electrons. The summed E-state index contributed by atoms with van der Waals surface area (Å²) in [6, 6.07) is 14.6. The molecule has 4 rings (SSSR count). The molecule has 0 aliphatic carbocycles. The van der Waals surface area contributed by atoms with Gasteiger partial charge in [-0.3, -0.25) is 0 Å². The number of fused-ring (bicyclic) bond motifs is 1. The van der Waals surface area contributed by atoms with Crippen LogP contribution in [0.5, 0.6) is 0 Å². The zero-order valence-electron chi connectivity index (χ0n) is 13.1. The third-order valence-corrected chi connectivity index (χ3v) is 3.90. The highest BCUT2D eigenvalue weighted by Gasteiger charge is 2.09. The molecule has 0 unspecified atom stereocenters. The van der Waals surface area contributed by atoms with Crippen LogP contribution in [0.3, 0.4) is 0 Å². The van der Waals surface area contributed by atoms with Gasteiger partial charge in [-0.25, -0.2) is 4.39 Å². The van der Waals surface area contributed by atoms with Gasteiger partial charge in [0.1, 0.15) is 5.82 Å². The Kier molecular flexibility index (Phi) is 3.70. The number of nitrogens with zero attached hydrogens (tertiary/aromatic N) is 6. The number of rotatable bonds is 4. The highest BCUT2D eigenvalue weighted by Crippen LogP contribution is 2.22. The van der Waals surface area contributed by atoms with Crippen LogP contribution in [0, 0.1) is 5.82 Å². The first-order valence-electron chi connectivity index (χ1n) is 7.62. The molecule has 0 saturated carbocycles. The van der Waals surface area contributed by atoms with E-state index in [9.17, 15) is 4.39 Å². The summed E-state index contributed by atoms with van der Waals surface area (Å²) in [5, 5.41) is 15.9. The first kappa shape index (κ1) is 15.0.